The molecule has 0 aromatic rings. The predicted molar refractivity (Wildman–Crippen MR) is 71.3 cm³/mol. The third kappa shape index (κ3) is 6.90. The summed E-state index contributed by atoms with van der Waals surface area (Å²) in [6, 6.07) is 0. The van der Waals surface area contributed by atoms with Gasteiger partial charge in [0.05, 0.1) is 0 Å². The Hall–Kier alpha value is -1.44. The van der Waals surface area contributed by atoms with Gasteiger partial charge in [0.2, 0.25) is 0 Å². The smallest absolute Gasteiger partial charge is 0.416 e. The fourth-order valence-corrected chi connectivity index (χ4v) is 3.53. The molecule has 0 aromatic carbocycles. The van der Waals surface area contributed by atoms with Crippen molar-refractivity contribution < 1.29 is 27.9 Å². The Bertz CT molecular complexity index is 296. The Morgan fingerprint density at radius 1 is 0.947 bits per heavy atom. The zero-order valence-electron chi connectivity index (χ0n) is 11.3. The van der Waals surface area contributed by atoms with Crippen molar-refractivity contribution >= 4 is 20.5 Å². The number of hydrogen-bond acceptors (Lipinski definition) is 6. The van der Waals surface area contributed by atoms with E-state index in [9.17, 15) is 9.59 Å². The average molecular weight is 288 g/mol. The highest BCUT2D eigenvalue weighted by Gasteiger charge is 2.41. The van der Waals surface area contributed by atoms with Crippen LogP contribution in [0, 0.1) is 0 Å². The minimum absolute atomic E-state index is 0.0655. The SMILES string of the molecule is C=CC(=O)OC[Si](COC(=O)C=C)(OCC)OCC. The largest absolute Gasteiger partial charge is 0.461 e. The van der Waals surface area contributed by atoms with Crippen molar-refractivity contribution in [1.29, 1.82) is 0 Å². The van der Waals surface area contributed by atoms with Crippen molar-refractivity contribution in [3.8, 4) is 0 Å². The lowest BCUT2D eigenvalue weighted by atomic mass is 10.7. The van der Waals surface area contributed by atoms with Crippen molar-refractivity contribution in [3.63, 3.8) is 0 Å². The molecule has 0 aliphatic rings. The molecule has 0 spiro atoms. The quantitative estimate of drug-likeness (QED) is 0.340. The third-order valence-electron chi connectivity index (χ3n) is 2.02. The fraction of sp³-hybridized carbons (Fsp3) is 0.500. The molecule has 7 heteroatoms. The Morgan fingerprint density at radius 2 is 1.32 bits per heavy atom. The van der Waals surface area contributed by atoms with E-state index in [0.29, 0.717) is 13.2 Å². The first-order valence-corrected chi connectivity index (χ1v) is 8.13. The summed E-state index contributed by atoms with van der Waals surface area (Å²) >= 11 is 0. The molecule has 108 valence electrons. The van der Waals surface area contributed by atoms with E-state index >= 15 is 0 Å². The second-order valence-electron chi connectivity index (χ2n) is 3.40. The molecular weight excluding hydrogens is 268 g/mol. The van der Waals surface area contributed by atoms with Crippen LogP contribution in [0.25, 0.3) is 0 Å². The molecule has 0 heterocycles. The van der Waals surface area contributed by atoms with Gasteiger partial charge in [0, 0.05) is 25.4 Å². The Morgan fingerprint density at radius 3 is 1.58 bits per heavy atom. The molecule has 0 saturated carbocycles. The molecule has 0 unspecified atom stereocenters. The van der Waals surface area contributed by atoms with Crippen molar-refractivity contribution in [3.05, 3.63) is 25.3 Å². The van der Waals surface area contributed by atoms with E-state index in [2.05, 4.69) is 13.2 Å². The zero-order valence-corrected chi connectivity index (χ0v) is 12.3. The second kappa shape index (κ2) is 9.48. The van der Waals surface area contributed by atoms with Crippen molar-refractivity contribution in [1.82, 2.24) is 0 Å². The average Bonchev–Trinajstić information content (AvgIpc) is 2.42. The molecule has 0 atom stereocenters. The monoisotopic (exact) mass is 288 g/mol. The molecule has 0 radical (unpaired) electrons. The van der Waals surface area contributed by atoms with Gasteiger partial charge in [-0.05, 0) is 13.8 Å². The molecule has 0 aliphatic carbocycles. The number of esters is 2. The molecule has 0 aliphatic heterocycles. The van der Waals surface area contributed by atoms with E-state index in [0.717, 1.165) is 12.2 Å². The Balaban J connectivity index is 4.72. The molecule has 0 aromatic heterocycles. The molecular formula is C12H20O6Si. The summed E-state index contributed by atoms with van der Waals surface area (Å²) in [5.41, 5.74) is 0. The summed E-state index contributed by atoms with van der Waals surface area (Å²) < 4.78 is 21.0. The minimum atomic E-state index is -2.94. The van der Waals surface area contributed by atoms with E-state index in [1.807, 2.05) is 0 Å². The van der Waals surface area contributed by atoms with E-state index in [1.54, 1.807) is 13.8 Å². The molecule has 0 amide bonds. The van der Waals surface area contributed by atoms with Gasteiger partial charge in [-0.2, -0.15) is 0 Å². The van der Waals surface area contributed by atoms with Crippen LogP contribution >= 0.6 is 0 Å². The van der Waals surface area contributed by atoms with E-state index in [1.165, 1.54) is 0 Å². The topological polar surface area (TPSA) is 71.1 Å². The highest BCUT2D eigenvalue weighted by molar-refractivity contribution is 6.67. The van der Waals surface area contributed by atoms with E-state index in [-0.39, 0.29) is 12.5 Å². The second-order valence-corrected chi connectivity index (χ2v) is 6.38. The zero-order chi connectivity index (χ0) is 14.7. The van der Waals surface area contributed by atoms with Gasteiger partial charge in [0.15, 0.2) is 0 Å². The van der Waals surface area contributed by atoms with E-state index in [4.69, 9.17) is 18.3 Å². The summed E-state index contributed by atoms with van der Waals surface area (Å²) in [4.78, 5) is 22.2. The third-order valence-corrected chi connectivity index (χ3v) is 4.81. The predicted octanol–water partition coefficient (Wildman–Crippen LogP) is 1.04. The van der Waals surface area contributed by atoms with E-state index < -0.39 is 20.5 Å². The maximum atomic E-state index is 11.1. The van der Waals surface area contributed by atoms with Crippen LogP contribution in [0.1, 0.15) is 13.8 Å². The maximum absolute atomic E-state index is 11.1. The highest BCUT2D eigenvalue weighted by atomic mass is 28.4. The lowest BCUT2D eigenvalue weighted by Gasteiger charge is -2.28. The van der Waals surface area contributed by atoms with Crippen LogP contribution in [0.15, 0.2) is 25.3 Å². The number of ether oxygens (including phenoxy) is 2. The molecule has 0 rings (SSSR count). The molecule has 0 bridgehead atoms. The summed E-state index contributed by atoms with van der Waals surface area (Å²) in [6.07, 6.45) is 1.97. The normalized spacial score (nSPS) is 10.6. The molecule has 0 fully saturated rings. The number of carbonyl (C=O) groups excluding carboxylic acids is 2. The number of rotatable bonds is 10. The summed E-state index contributed by atoms with van der Waals surface area (Å²) in [5.74, 6) is -1.15. The van der Waals surface area contributed by atoms with Crippen molar-refractivity contribution in [2.75, 3.05) is 25.7 Å². The lowest BCUT2D eigenvalue weighted by molar-refractivity contribution is -0.138. The standard InChI is InChI=1S/C12H20O6Si/c1-5-11(13)15-9-19(17-7-3,18-8-4)10-16-12(14)6-2/h5-6H,1-2,7-10H2,3-4H3. The van der Waals surface area contributed by atoms with Crippen LogP contribution in [-0.2, 0) is 27.9 Å². The maximum Gasteiger partial charge on any atom is 0.416 e. The van der Waals surface area contributed by atoms with Crippen LogP contribution in [0.4, 0.5) is 0 Å². The number of hydrogen-bond donors (Lipinski definition) is 0. The first-order valence-electron chi connectivity index (χ1n) is 5.89. The van der Waals surface area contributed by atoms with Gasteiger partial charge in [0.1, 0.15) is 12.5 Å². The summed E-state index contributed by atoms with van der Waals surface area (Å²) in [6.45, 7) is 10.9. The fourth-order valence-electron chi connectivity index (χ4n) is 1.26. The first-order chi connectivity index (χ1) is 9.03. The van der Waals surface area contributed by atoms with Crippen molar-refractivity contribution in [2.45, 2.75) is 13.8 Å². The number of carbonyl (C=O) groups is 2. The van der Waals surface area contributed by atoms with Gasteiger partial charge >= 0.3 is 20.5 Å². The highest BCUT2D eigenvalue weighted by Crippen LogP contribution is 2.10. The molecule has 19 heavy (non-hydrogen) atoms. The van der Waals surface area contributed by atoms with Gasteiger partial charge in [-0.25, -0.2) is 9.59 Å². The molecule has 6 nitrogen and oxygen atoms in total. The van der Waals surface area contributed by atoms with Gasteiger partial charge < -0.3 is 18.3 Å². The Labute approximate surface area is 114 Å². The van der Waals surface area contributed by atoms with Crippen LogP contribution < -0.4 is 0 Å². The van der Waals surface area contributed by atoms with Crippen LogP contribution in [0.5, 0.6) is 0 Å². The first kappa shape index (κ1) is 17.6. The molecule has 0 N–H and O–H groups in total. The van der Waals surface area contributed by atoms with Crippen LogP contribution in [0.2, 0.25) is 0 Å². The lowest BCUT2D eigenvalue weighted by Crippen LogP contribution is -2.53. The van der Waals surface area contributed by atoms with Gasteiger partial charge in [-0.3, -0.25) is 0 Å². The summed E-state index contributed by atoms with van der Waals surface area (Å²) in [5, 5.41) is 0. The van der Waals surface area contributed by atoms with Gasteiger partial charge in [-0.1, -0.05) is 13.2 Å². The van der Waals surface area contributed by atoms with Crippen LogP contribution in [0.3, 0.4) is 0 Å². The summed E-state index contributed by atoms with van der Waals surface area (Å²) in [7, 11) is -2.94. The minimum Gasteiger partial charge on any atom is -0.461 e. The molecule has 0 saturated heterocycles. The van der Waals surface area contributed by atoms with Gasteiger partial charge in [0.25, 0.3) is 0 Å². The van der Waals surface area contributed by atoms with Crippen molar-refractivity contribution in [2.24, 2.45) is 0 Å². The van der Waals surface area contributed by atoms with Gasteiger partial charge in [-0.15, -0.1) is 0 Å². The van der Waals surface area contributed by atoms with Crippen LogP contribution in [-0.4, -0.2) is 46.2 Å². The Kier molecular flexibility index (Phi) is 8.76.